The predicted molar refractivity (Wildman–Crippen MR) is 144 cm³/mol. The third-order valence-electron chi connectivity index (χ3n) is 7.06. The quantitative estimate of drug-likeness (QED) is 0.168. The van der Waals surface area contributed by atoms with E-state index in [0.29, 0.717) is 17.9 Å². The summed E-state index contributed by atoms with van der Waals surface area (Å²) in [5, 5.41) is 41.8. The van der Waals surface area contributed by atoms with Gasteiger partial charge in [-0.3, -0.25) is 19.3 Å². The maximum atomic E-state index is 14.1. The van der Waals surface area contributed by atoms with Crippen LogP contribution in [-0.4, -0.2) is 86.5 Å². The van der Waals surface area contributed by atoms with E-state index in [4.69, 9.17) is 16.3 Å². The Bertz CT molecular complexity index is 1470. The zero-order valence-corrected chi connectivity index (χ0v) is 22.9. The fraction of sp³-hybridized carbons (Fsp3) is 0.346. The number of imide groups is 1. The molecule has 0 spiro atoms. The van der Waals surface area contributed by atoms with Crippen LogP contribution in [0.3, 0.4) is 0 Å². The zero-order chi connectivity index (χ0) is 30.9. The van der Waals surface area contributed by atoms with E-state index >= 15 is 0 Å². The summed E-state index contributed by atoms with van der Waals surface area (Å²) in [5.74, 6) is -8.22. The lowest BCUT2D eigenvalue weighted by Crippen LogP contribution is -2.59. The van der Waals surface area contributed by atoms with Crippen LogP contribution < -0.4 is 9.97 Å². The van der Waals surface area contributed by atoms with Gasteiger partial charge in [-0.2, -0.15) is 0 Å². The number of Topliss-reactive ketones (excluding diaryl/α,β-unsaturated/α-hetero) is 1. The Morgan fingerprint density at radius 2 is 1.88 bits per heavy atom. The molecule has 2 aliphatic heterocycles. The first-order valence-electron chi connectivity index (χ1n) is 12.9. The second-order valence-electron chi connectivity index (χ2n) is 9.83. The minimum atomic E-state index is -1.74. The molecule has 4 amide bonds. The molecular weight excluding hydrogens is 580 g/mol. The van der Waals surface area contributed by atoms with Crippen molar-refractivity contribution in [2.75, 3.05) is 19.6 Å². The van der Waals surface area contributed by atoms with Crippen LogP contribution in [0.5, 0.6) is 17.2 Å². The molecule has 2 aliphatic rings. The van der Waals surface area contributed by atoms with Gasteiger partial charge in [-0.25, -0.2) is 14.0 Å². The number of hydrogen-bond donors (Lipinski definition) is 5. The number of aromatic hydroxyl groups is 2. The highest BCUT2D eigenvalue weighted by molar-refractivity contribution is 6.47. The average Bonchev–Trinajstić information content (AvgIpc) is 2.93. The summed E-state index contributed by atoms with van der Waals surface area (Å²) in [6, 6.07) is 1.64. The first-order valence-corrected chi connectivity index (χ1v) is 13.3. The van der Waals surface area contributed by atoms with Crippen LogP contribution in [0.25, 0.3) is 0 Å². The minimum absolute atomic E-state index is 0.0785. The van der Waals surface area contributed by atoms with Crippen LogP contribution in [0.4, 0.5) is 9.18 Å². The fourth-order valence-corrected chi connectivity index (χ4v) is 5.19. The van der Waals surface area contributed by atoms with Gasteiger partial charge >= 0.3 is 30.9 Å². The predicted octanol–water partition coefficient (Wildman–Crippen LogP) is 1.86. The van der Waals surface area contributed by atoms with Crippen LogP contribution in [0.1, 0.15) is 47.3 Å². The third-order valence-corrected chi connectivity index (χ3v) is 7.46. The number of aromatic carboxylic acids is 1. The highest BCUT2D eigenvalue weighted by Crippen LogP contribution is 2.41. The highest BCUT2D eigenvalue weighted by Gasteiger charge is 2.42. The average molecular weight is 606 g/mol. The molecule has 2 aromatic carbocycles. The summed E-state index contributed by atoms with van der Waals surface area (Å²) in [5.41, 5.74) is -0.714. The monoisotopic (exact) mass is 605 g/mol. The van der Waals surface area contributed by atoms with Gasteiger partial charge in [0.05, 0.1) is 5.02 Å². The number of piperazine rings is 1. The van der Waals surface area contributed by atoms with Crippen LogP contribution in [-0.2, 0) is 20.8 Å². The largest absolute Gasteiger partial charge is 0.535 e. The van der Waals surface area contributed by atoms with Gasteiger partial charge < -0.3 is 35.2 Å². The number of amides is 4. The van der Waals surface area contributed by atoms with Crippen molar-refractivity contribution < 1.29 is 53.4 Å². The third kappa shape index (κ3) is 5.83. The Labute approximate surface area is 243 Å². The summed E-state index contributed by atoms with van der Waals surface area (Å²) in [6.07, 6.45) is -0.0107. The van der Waals surface area contributed by atoms with Gasteiger partial charge in [0, 0.05) is 37.4 Å². The molecular formula is C26H26BClFN3O10. The molecule has 222 valence electrons. The number of rotatable bonds is 8. The lowest BCUT2D eigenvalue weighted by Gasteiger charge is -2.33. The van der Waals surface area contributed by atoms with Crippen molar-refractivity contribution in [3.05, 3.63) is 51.8 Å². The lowest BCUT2D eigenvalue weighted by atomic mass is 9.64. The first kappa shape index (κ1) is 30.6. The first-order chi connectivity index (χ1) is 19.8. The van der Waals surface area contributed by atoms with Gasteiger partial charge in [0.25, 0.3) is 0 Å². The van der Waals surface area contributed by atoms with E-state index in [-0.39, 0.29) is 36.4 Å². The molecule has 2 heterocycles. The van der Waals surface area contributed by atoms with Crippen LogP contribution in [0, 0.1) is 5.82 Å². The molecule has 2 aromatic rings. The molecule has 2 atom stereocenters. The van der Waals surface area contributed by atoms with Crippen molar-refractivity contribution in [1.29, 1.82) is 0 Å². The standard InChI is InChI=1S/C26H26BClFN3O10/c1-2-7-31-8-9-32(24(37)23(31)36)26(40)30-20(14-4-6-16(33)21(35)19(14)28)17(34)11-13-10-12-3-5-15(29)18(25(38)39)22(12)42-27(13)41/h3-6,13,20,33,35,41H,2,7-11H2,1H3,(H,30,40)(H,38,39)/t13-,20?/m1/s1. The van der Waals surface area contributed by atoms with Gasteiger partial charge in [0.15, 0.2) is 17.3 Å². The van der Waals surface area contributed by atoms with E-state index in [1.54, 1.807) is 0 Å². The SMILES string of the molecule is CCCN1CCN(C(=O)NC(C(=O)C[C@H]2Cc3ccc(F)c(C(=O)O)c3OB2O)c2ccc(O)c(O)c2Cl)C(=O)C1=O. The van der Waals surface area contributed by atoms with Crippen LogP contribution >= 0.6 is 11.6 Å². The van der Waals surface area contributed by atoms with Gasteiger partial charge in [0.2, 0.25) is 0 Å². The maximum Gasteiger partial charge on any atom is 0.526 e. The number of ketones is 1. The number of carboxylic acids is 1. The molecule has 42 heavy (non-hydrogen) atoms. The molecule has 0 radical (unpaired) electrons. The minimum Gasteiger partial charge on any atom is -0.535 e. The Morgan fingerprint density at radius 1 is 1.17 bits per heavy atom. The Kier molecular flexibility index (Phi) is 8.92. The van der Waals surface area contributed by atoms with Crippen LogP contribution in [0.2, 0.25) is 10.8 Å². The smallest absolute Gasteiger partial charge is 0.526 e. The number of halogens is 2. The summed E-state index contributed by atoms with van der Waals surface area (Å²) in [6.45, 7) is 2.06. The molecule has 16 heteroatoms. The molecule has 5 N–H and O–H groups in total. The number of carbonyl (C=O) groups is 5. The van der Waals surface area contributed by atoms with Crippen molar-refractivity contribution in [1.82, 2.24) is 15.1 Å². The second kappa shape index (κ2) is 12.2. The van der Waals surface area contributed by atoms with E-state index < -0.39 is 82.9 Å². The normalized spacial score (nSPS) is 17.4. The fourth-order valence-electron chi connectivity index (χ4n) is 4.92. The Morgan fingerprint density at radius 3 is 2.55 bits per heavy atom. The van der Waals surface area contributed by atoms with E-state index in [1.165, 1.54) is 11.0 Å². The van der Waals surface area contributed by atoms with E-state index in [2.05, 4.69) is 5.32 Å². The maximum absolute atomic E-state index is 14.1. The van der Waals surface area contributed by atoms with Gasteiger partial charge in [-0.05, 0) is 30.5 Å². The molecule has 1 saturated heterocycles. The number of carboxylic acid groups (broad SMARTS) is 1. The second-order valence-corrected chi connectivity index (χ2v) is 10.2. The van der Waals surface area contributed by atoms with Crippen molar-refractivity contribution in [3.8, 4) is 17.2 Å². The summed E-state index contributed by atoms with van der Waals surface area (Å²) >= 11 is 6.19. The Balaban J connectivity index is 1.61. The van der Waals surface area contributed by atoms with Crippen molar-refractivity contribution in [2.45, 2.75) is 38.0 Å². The number of carbonyl (C=O) groups excluding carboxylic acids is 4. The number of fused-ring (bicyclic) bond motifs is 1. The van der Waals surface area contributed by atoms with E-state index in [0.717, 1.165) is 18.2 Å². The van der Waals surface area contributed by atoms with Crippen LogP contribution in [0.15, 0.2) is 24.3 Å². The molecule has 1 unspecified atom stereocenters. The molecule has 13 nitrogen and oxygen atoms in total. The van der Waals surface area contributed by atoms with Crippen molar-refractivity contribution >= 4 is 48.3 Å². The number of urea groups is 1. The Hall–Kier alpha value is -4.37. The molecule has 0 aromatic heterocycles. The topological polar surface area (TPSA) is 194 Å². The number of benzene rings is 2. The molecule has 1 fully saturated rings. The number of phenols is 2. The van der Waals surface area contributed by atoms with Gasteiger partial charge in [-0.1, -0.05) is 30.7 Å². The molecule has 0 aliphatic carbocycles. The number of hydrogen-bond acceptors (Lipinski definition) is 9. The molecule has 0 saturated carbocycles. The van der Waals surface area contributed by atoms with E-state index in [1.807, 2.05) is 6.92 Å². The zero-order valence-electron chi connectivity index (χ0n) is 22.2. The van der Waals surface area contributed by atoms with E-state index in [9.17, 15) is 48.7 Å². The van der Waals surface area contributed by atoms with Crippen molar-refractivity contribution in [2.24, 2.45) is 0 Å². The number of nitrogens with zero attached hydrogens (tertiary/aromatic N) is 2. The number of nitrogens with one attached hydrogen (secondary N) is 1. The summed E-state index contributed by atoms with van der Waals surface area (Å²) in [7, 11) is -1.74. The molecule has 0 bridgehead atoms. The van der Waals surface area contributed by atoms with Gasteiger partial charge in [0.1, 0.15) is 23.2 Å². The highest BCUT2D eigenvalue weighted by atomic mass is 35.5. The molecule has 4 rings (SSSR count). The summed E-state index contributed by atoms with van der Waals surface area (Å²) in [4.78, 5) is 65.4. The summed E-state index contributed by atoms with van der Waals surface area (Å²) < 4.78 is 19.4. The van der Waals surface area contributed by atoms with Crippen molar-refractivity contribution in [3.63, 3.8) is 0 Å². The number of phenolic OH excluding ortho intramolecular Hbond substituents is 2. The lowest BCUT2D eigenvalue weighted by molar-refractivity contribution is -0.153. The van der Waals surface area contributed by atoms with Gasteiger partial charge in [-0.15, -0.1) is 0 Å².